The van der Waals surface area contributed by atoms with Gasteiger partial charge in [-0.2, -0.15) is 5.10 Å². The molecule has 0 amide bonds. The number of aliphatic hydroxyl groups excluding tert-OH is 1. The Hall–Kier alpha value is -1.94. The molecule has 4 heteroatoms. The molecule has 4 nitrogen and oxygen atoms in total. The molecule has 0 aliphatic carbocycles. The van der Waals surface area contributed by atoms with E-state index in [-0.39, 0.29) is 12.2 Å². The fraction of sp³-hybridized carbons (Fsp3) is 0.231. The summed E-state index contributed by atoms with van der Waals surface area (Å²) in [6.45, 7) is 2.33. The largest absolute Gasteiger partial charge is 0.392 e. The molecule has 0 saturated carbocycles. The summed E-state index contributed by atoms with van der Waals surface area (Å²) >= 11 is 0. The predicted molar refractivity (Wildman–Crippen MR) is 64.7 cm³/mol. The molecule has 0 fully saturated rings. The third-order valence-electron chi connectivity index (χ3n) is 2.54. The minimum Gasteiger partial charge on any atom is -0.392 e. The number of nitrogens with zero attached hydrogens (tertiary/aromatic N) is 2. The van der Waals surface area contributed by atoms with Crippen molar-refractivity contribution in [2.75, 3.05) is 0 Å². The zero-order chi connectivity index (χ0) is 12.3. The number of aliphatic hydroxyl groups is 1. The van der Waals surface area contributed by atoms with Crippen molar-refractivity contribution < 1.29 is 5.11 Å². The van der Waals surface area contributed by atoms with E-state index in [4.69, 9.17) is 5.11 Å². The van der Waals surface area contributed by atoms with Crippen LogP contribution < -0.4 is 5.56 Å². The summed E-state index contributed by atoms with van der Waals surface area (Å²) in [5.41, 5.74) is 2.55. The van der Waals surface area contributed by atoms with Crippen LogP contribution in [0.25, 0.3) is 0 Å². The minimum absolute atomic E-state index is 0.0307. The van der Waals surface area contributed by atoms with Gasteiger partial charge < -0.3 is 5.11 Å². The predicted octanol–water partition coefficient (Wildman–Crippen LogP) is 1.09. The second kappa shape index (κ2) is 4.93. The van der Waals surface area contributed by atoms with Gasteiger partial charge in [-0.15, -0.1) is 0 Å². The molecule has 1 N–H and O–H groups in total. The third kappa shape index (κ3) is 2.79. The van der Waals surface area contributed by atoms with Crippen molar-refractivity contribution in [2.45, 2.75) is 20.1 Å². The van der Waals surface area contributed by atoms with Gasteiger partial charge in [0, 0.05) is 6.07 Å². The minimum atomic E-state index is -0.109. The Morgan fingerprint density at radius 1 is 1.12 bits per heavy atom. The maximum absolute atomic E-state index is 11.6. The first-order valence-corrected chi connectivity index (χ1v) is 5.42. The molecule has 88 valence electrons. The zero-order valence-electron chi connectivity index (χ0n) is 9.63. The fourth-order valence-corrected chi connectivity index (χ4v) is 1.59. The van der Waals surface area contributed by atoms with Crippen molar-refractivity contribution in [3.05, 3.63) is 63.6 Å². The summed E-state index contributed by atoms with van der Waals surface area (Å²) in [5.74, 6) is 0. The number of rotatable bonds is 3. The fourth-order valence-electron chi connectivity index (χ4n) is 1.59. The van der Waals surface area contributed by atoms with E-state index in [1.54, 1.807) is 6.07 Å². The van der Waals surface area contributed by atoms with Crippen LogP contribution in [0.3, 0.4) is 0 Å². The first kappa shape index (κ1) is 11.5. The van der Waals surface area contributed by atoms with Crippen molar-refractivity contribution in [1.29, 1.82) is 0 Å². The molecule has 0 radical (unpaired) electrons. The lowest BCUT2D eigenvalue weighted by Crippen LogP contribution is -2.22. The normalized spacial score (nSPS) is 10.5. The summed E-state index contributed by atoms with van der Waals surface area (Å²) in [5, 5.41) is 13.1. The van der Waals surface area contributed by atoms with Crippen LogP contribution in [0.15, 0.2) is 41.2 Å². The summed E-state index contributed by atoms with van der Waals surface area (Å²) < 4.78 is 1.43. The first-order chi connectivity index (χ1) is 8.19. The molecule has 0 bridgehead atoms. The number of aryl methyl sites for hydroxylation is 1. The van der Waals surface area contributed by atoms with Gasteiger partial charge in [0.1, 0.15) is 0 Å². The molecule has 2 rings (SSSR count). The van der Waals surface area contributed by atoms with E-state index < -0.39 is 0 Å². The van der Waals surface area contributed by atoms with Crippen LogP contribution in [-0.2, 0) is 13.2 Å². The Kier molecular flexibility index (Phi) is 3.35. The number of hydrogen-bond donors (Lipinski definition) is 1. The molecule has 2 aromatic rings. The Bertz CT molecular complexity index is 558. The molecule has 0 unspecified atom stereocenters. The number of benzene rings is 1. The zero-order valence-corrected chi connectivity index (χ0v) is 9.63. The van der Waals surface area contributed by atoms with E-state index in [2.05, 4.69) is 5.10 Å². The van der Waals surface area contributed by atoms with Crippen molar-refractivity contribution >= 4 is 0 Å². The summed E-state index contributed by atoms with van der Waals surface area (Å²) in [7, 11) is 0. The molecule has 0 atom stereocenters. The average molecular weight is 230 g/mol. The van der Waals surface area contributed by atoms with Gasteiger partial charge in [-0.25, -0.2) is 4.68 Å². The standard InChI is InChI=1S/C13H14N2O2/c1-10-2-7-13(17)15(14-10)8-11-3-5-12(9-16)6-4-11/h2-7,16H,8-9H2,1H3. The van der Waals surface area contributed by atoms with Crippen molar-refractivity contribution in [3.63, 3.8) is 0 Å². The molecule has 1 aromatic carbocycles. The maximum Gasteiger partial charge on any atom is 0.267 e. The van der Waals surface area contributed by atoms with Crippen LogP contribution in [0.2, 0.25) is 0 Å². The van der Waals surface area contributed by atoms with Gasteiger partial charge in [0.2, 0.25) is 0 Å². The topological polar surface area (TPSA) is 55.1 Å². The van der Waals surface area contributed by atoms with Gasteiger partial charge >= 0.3 is 0 Å². The molecule has 0 aliphatic heterocycles. The maximum atomic E-state index is 11.6. The second-order valence-corrected chi connectivity index (χ2v) is 3.95. The van der Waals surface area contributed by atoms with Gasteiger partial charge in [0.15, 0.2) is 0 Å². The van der Waals surface area contributed by atoms with Crippen LogP contribution in [0.1, 0.15) is 16.8 Å². The molecular formula is C13H14N2O2. The Morgan fingerprint density at radius 3 is 2.41 bits per heavy atom. The summed E-state index contributed by atoms with van der Waals surface area (Å²) in [6, 6.07) is 10.7. The van der Waals surface area contributed by atoms with E-state index in [0.717, 1.165) is 16.8 Å². The number of aromatic nitrogens is 2. The van der Waals surface area contributed by atoms with E-state index in [0.29, 0.717) is 6.54 Å². The van der Waals surface area contributed by atoms with Crippen LogP contribution in [0.5, 0.6) is 0 Å². The molecule has 1 aromatic heterocycles. The highest BCUT2D eigenvalue weighted by Crippen LogP contribution is 2.05. The second-order valence-electron chi connectivity index (χ2n) is 3.95. The van der Waals surface area contributed by atoms with Crippen molar-refractivity contribution in [2.24, 2.45) is 0 Å². The van der Waals surface area contributed by atoms with E-state index >= 15 is 0 Å². The smallest absolute Gasteiger partial charge is 0.267 e. The quantitative estimate of drug-likeness (QED) is 0.858. The van der Waals surface area contributed by atoms with Gasteiger partial charge in [-0.05, 0) is 24.1 Å². The van der Waals surface area contributed by atoms with Crippen LogP contribution >= 0.6 is 0 Å². The number of hydrogen-bond acceptors (Lipinski definition) is 3. The van der Waals surface area contributed by atoms with E-state index in [1.807, 2.05) is 31.2 Å². The van der Waals surface area contributed by atoms with Crippen molar-refractivity contribution in [1.82, 2.24) is 9.78 Å². The summed E-state index contributed by atoms with van der Waals surface area (Å²) in [4.78, 5) is 11.6. The first-order valence-electron chi connectivity index (χ1n) is 5.42. The molecule has 0 saturated heterocycles. The van der Waals surface area contributed by atoms with E-state index in [9.17, 15) is 4.79 Å². The SMILES string of the molecule is Cc1ccc(=O)n(Cc2ccc(CO)cc2)n1. The monoisotopic (exact) mass is 230 g/mol. The highest BCUT2D eigenvalue weighted by Gasteiger charge is 2.00. The molecule has 17 heavy (non-hydrogen) atoms. The van der Waals surface area contributed by atoms with Gasteiger partial charge in [-0.3, -0.25) is 4.79 Å². The van der Waals surface area contributed by atoms with Crippen LogP contribution in [0, 0.1) is 6.92 Å². The van der Waals surface area contributed by atoms with Gasteiger partial charge in [0.05, 0.1) is 18.8 Å². The molecule has 0 aliphatic rings. The lowest BCUT2D eigenvalue weighted by atomic mass is 10.1. The van der Waals surface area contributed by atoms with Gasteiger partial charge in [-0.1, -0.05) is 24.3 Å². The highest BCUT2D eigenvalue weighted by atomic mass is 16.3. The Labute approximate surface area is 99.2 Å². The summed E-state index contributed by atoms with van der Waals surface area (Å²) in [6.07, 6.45) is 0. The third-order valence-corrected chi connectivity index (χ3v) is 2.54. The highest BCUT2D eigenvalue weighted by molar-refractivity contribution is 5.22. The van der Waals surface area contributed by atoms with Crippen molar-refractivity contribution in [3.8, 4) is 0 Å². The lowest BCUT2D eigenvalue weighted by molar-refractivity contribution is 0.282. The molecular weight excluding hydrogens is 216 g/mol. The lowest BCUT2D eigenvalue weighted by Gasteiger charge is -2.05. The molecule has 0 spiro atoms. The van der Waals surface area contributed by atoms with Gasteiger partial charge in [0.25, 0.3) is 5.56 Å². The van der Waals surface area contributed by atoms with Crippen LogP contribution in [0.4, 0.5) is 0 Å². The Morgan fingerprint density at radius 2 is 1.76 bits per heavy atom. The van der Waals surface area contributed by atoms with Crippen LogP contribution in [-0.4, -0.2) is 14.9 Å². The molecule has 1 heterocycles. The average Bonchev–Trinajstić information content (AvgIpc) is 2.35. The van der Waals surface area contributed by atoms with E-state index in [1.165, 1.54) is 10.7 Å². The Balaban J connectivity index is 2.25.